The number of halogens is 4. The average molecular weight is 674 g/mol. The van der Waals surface area contributed by atoms with Crippen molar-refractivity contribution in [1.82, 2.24) is 4.90 Å². The predicted octanol–water partition coefficient (Wildman–Crippen LogP) is 5.74. The fourth-order valence-electron chi connectivity index (χ4n) is 5.82. The Balaban J connectivity index is 1.48. The molecule has 178 valence electrons. The van der Waals surface area contributed by atoms with E-state index in [2.05, 4.69) is 53.1 Å². The van der Waals surface area contributed by atoms with Gasteiger partial charge in [0.2, 0.25) is 17.7 Å². The van der Waals surface area contributed by atoms with Crippen molar-refractivity contribution < 1.29 is 14.4 Å². The molecule has 0 aromatic heterocycles. The molecule has 3 aliphatic rings. The second-order valence-electron chi connectivity index (χ2n) is 9.28. The Hall–Kier alpha value is -1.22. The summed E-state index contributed by atoms with van der Waals surface area (Å²) in [5, 5.41) is 3.43. The first-order chi connectivity index (χ1) is 16.2. The number of imide groups is 1. The van der Waals surface area contributed by atoms with Crippen LogP contribution in [0.4, 0.5) is 5.69 Å². The van der Waals surface area contributed by atoms with Crippen LogP contribution >= 0.6 is 59.4 Å². The molecule has 2 aromatic carbocycles. The maximum Gasteiger partial charge on any atom is 0.248 e. The Bertz CT molecular complexity index is 1150. The first kappa shape index (κ1) is 24.5. The molecule has 2 aliphatic carbocycles. The number of amides is 3. The van der Waals surface area contributed by atoms with Crippen LogP contribution < -0.4 is 5.32 Å². The van der Waals surface area contributed by atoms with Crippen LogP contribution in [-0.4, -0.2) is 38.3 Å². The zero-order valence-electron chi connectivity index (χ0n) is 18.2. The van der Waals surface area contributed by atoms with Gasteiger partial charge in [-0.05, 0) is 64.4 Å². The monoisotopic (exact) mass is 670 g/mol. The molecule has 1 aliphatic heterocycles. The molecule has 2 aromatic rings. The number of fused-ring (bicyclic) bond motifs is 5. The molecule has 3 amide bonds. The lowest BCUT2D eigenvalue weighted by molar-refractivity contribution is -0.147. The summed E-state index contributed by atoms with van der Waals surface area (Å²) in [5.41, 5.74) is 2.14. The van der Waals surface area contributed by atoms with Crippen LogP contribution in [0.15, 0.2) is 46.9 Å². The SMILES string of the molecule is Cc1c(NC(=O)[C@H](Cc2ccccc2)N2C(=O)[C@H]3[C@@H]4C[C@H]([C@@H](Br)[C@H]4Br)[C@@H]3C2=O)ccc(Br)c1Cl. The Morgan fingerprint density at radius 1 is 1.06 bits per heavy atom. The van der Waals surface area contributed by atoms with Crippen molar-refractivity contribution in [3.05, 3.63) is 63.1 Å². The highest BCUT2D eigenvalue weighted by Crippen LogP contribution is 2.60. The fourth-order valence-corrected chi connectivity index (χ4v) is 8.29. The van der Waals surface area contributed by atoms with Crippen molar-refractivity contribution in [2.45, 2.75) is 35.5 Å². The maximum atomic E-state index is 13.7. The molecule has 3 fully saturated rings. The number of nitrogens with one attached hydrogen (secondary N) is 1. The summed E-state index contributed by atoms with van der Waals surface area (Å²) >= 11 is 17.2. The molecule has 5 rings (SSSR count). The molecule has 1 heterocycles. The Kier molecular flexibility index (Phi) is 6.72. The highest BCUT2D eigenvalue weighted by Gasteiger charge is 2.67. The van der Waals surface area contributed by atoms with Gasteiger partial charge in [-0.3, -0.25) is 19.3 Å². The summed E-state index contributed by atoms with van der Waals surface area (Å²) in [7, 11) is 0. The number of carbonyl (C=O) groups excluding carboxylic acids is 3. The van der Waals surface area contributed by atoms with E-state index in [9.17, 15) is 14.4 Å². The van der Waals surface area contributed by atoms with Gasteiger partial charge >= 0.3 is 0 Å². The molecule has 7 atom stereocenters. The second kappa shape index (κ2) is 9.34. The molecule has 2 bridgehead atoms. The van der Waals surface area contributed by atoms with Crippen LogP contribution in [0, 0.1) is 30.6 Å². The van der Waals surface area contributed by atoms with E-state index in [-0.39, 0.29) is 51.6 Å². The van der Waals surface area contributed by atoms with Crippen molar-refractivity contribution in [2.75, 3.05) is 5.32 Å². The summed E-state index contributed by atoms with van der Waals surface area (Å²) in [5.74, 6) is -1.41. The molecule has 0 unspecified atom stereocenters. The predicted molar refractivity (Wildman–Crippen MR) is 142 cm³/mol. The second-order valence-corrected chi connectivity index (χ2v) is 12.6. The minimum absolute atomic E-state index is 0.0915. The minimum atomic E-state index is -0.947. The normalized spacial score (nSPS) is 30.6. The number of carbonyl (C=O) groups is 3. The largest absolute Gasteiger partial charge is 0.324 e. The quantitative estimate of drug-likeness (QED) is 0.326. The number of likely N-dealkylation sites (tertiary alicyclic amines) is 1. The lowest BCUT2D eigenvalue weighted by atomic mass is 9.81. The van der Waals surface area contributed by atoms with E-state index in [1.165, 1.54) is 4.90 Å². The average Bonchev–Trinajstić information content (AvgIpc) is 3.43. The van der Waals surface area contributed by atoms with Crippen LogP contribution in [0.1, 0.15) is 17.5 Å². The van der Waals surface area contributed by atoms with Crippen LogP contribution in [0.5, 0.6) is 0 Å². The van der Waals surface area contributed by atoms with Gasteiger partial charge in [0.25, 0.3) is 0 Å². The van der Waals surface area contributed by atoms with E-state index >= 15 is 0 Å². The summed E-state index contributed by atoms with van der Waals surface area (Å²) in [6.45, 7) is 1.81. The number of hydrogen-bond acceptors (Lipinski definition) is 3. The molecule has 0 spiro atoms. The number of benzene rings is 2. The van der Waals surface area contributed by atoms with Crippen molar-refractivity contribution in [2.24, 2.45) is 23.7 Å². The van der Waals surface area contributed by atoms with Crippen molar-refractivity contribution >= 4 is 82.8 Å². The standard InChI is InChI=1S/C25H22Br3ClN2O3/c1-11-16(8-7-15(26)22(11)29)30-23(32)17(9-12-5-3-2-4-6-12)31-24(33)18-13-10-14(19(18)25(31)34)21(28)20(13)27/h2-8,13-14,17-21H,9-10H2,1H3,(H,30,32)/t13-,14-,17-,18-,19-,20-,21+/m0/s1. The molecule has 1 N–H and O–H groups in total. The first-order valence-electron chi connectivity index (χ1n) is 11.1. The van der Waals surface area contributed by atoms with E-state index < -0.39 is 11.9 Å². The minimum Gasteiger partial charge on any atom is -0.324 e. The van der Waals surface area contributed by atoms with Gasteiger partial charge in [0.1, 0.15) is 6.04 Å². The van der Waals surface area contributed by atoms with Gasteiger partial charge in [-0.2, -0.15) is 0 Å². The lowest BCUT2D eigenvalue weighted by Gasteiger charge is -2.28. The smallest absolute Gasteiger partial charge is 0.248 e. The van der Waals surface area contributed by atoms with Gasteiger partial charge in [-0.15, -0.1) is 0 Å². The van der Waals surface area contributed by atoms with E-state index in [0.29, 0.717) is 16.3 Å². The van der Waals surface area contributed by atoms with Gasteiger partial charge in [0, 0.05) is 26.2 Å². The van der Waals surface area contributed by atoms with Gasteiger partial charge in [0.15, 0.2) is 0 Å². The first-order valence-corrected chi connectivity index (χ1v) is 14.2. The molecule has 2 saturated carbocycles. The Morgan fingerprint density at radius 2 is 1.65 bits per heavy atom. The topological polar surface area (TPSA) is 66.5 Å². The van der Waals surface area contributed by atoms with Crippen LogP contribution in [0.2, 0.25) is 5.02 Å². The lowest BCUT2D eigenvalue weighted by Crippen LogP contribution is -2.49. The maximum absolute atomic E-state index is 13.7. The van der Waals surface area contributed by atoms with Gasteiger partial charge in [-0.1, -0.05) is 73.8 Å². The van der Waals surface area contributed by atoms with Gasteiger partial charge in [0.05, 0.1) is 16.9 Å². The Morgan fingerprint density at radius 3 is 2.24 bits per heavy atom. The van der Waals surface area contributed by atoms with E-state index in [1.807, 2.05) is 37.3 Å². The zero-order valence-corrected chi connectivity index (χ0v) is 23.7. The Labute approximate surface area is 228 Å². The molecular formula is C25H22Br3ClN2O3. The molecule has 5 nitrogen and oxygen atoms in total. The van der Waals surface area contributed by atoms with Crippen molar-refractivity contribution in [1.29, 1.82) is 0 Å². The molecule has 1 saturated heterocycles. The third kappa shape index (κ3) is 3.89. The van der Waals surface area contributed by atoms with Crippen molar-refractivity contribution in [3.63, 3.8) is 0 Å². The van der Waals surface area contributed by atoms with Crippen LogP contribution in [0.3, 0.4) is 0 Å². The summed E-state index contributed by atoms with van der Waals surface area (Å²) < 4.78 is 0.729. The van der Waals surface area contributed by atoms with Crippen molar-refractivity contribution in [3.8, 4) is 0 Å². The van der Waals surface area contributed by atoms with Gasteiger partial charge in [-0.25, -0.2) is 0 Å². The summed E-state index contributed by atoms with van der Waals surface area (Å²) in [6, 6.07) is 12.0. The highest BCUT2D eigenvalue weighted by molar-refractivity contribution is 9.12. The van der Waals surface area contributed by atoms with Crippen LogP contribution in [0.25, 0.3) is 0 Å². The number of anilines is 1. The molecule has 9 heteroatoms. The van der Waals surface area contributed by atoms with E-state index in [4.69, 9.17) is 11.6 Å². The number of nitrogens with zero attached hydrogens (tertiary/aromatic N) is 1. The third-order valence-corrected chi connectivity index (χ3v) is 12.1. The number of alkyl halides is 2. The van der Waals surface area contributed by atoms with E-state index in [0.717, 1.165) is 16.5 Å². The third-order valence-electron chi connectivity index (χ3n) is 7.50. The summed E-state index contributed by atoms with van der Waals surface area (Å²) in [6.07, 6.45) is 1.09. The van der Waals surface area contributed by atoms with E-state index in [1.54, 1.807) is 12.1 Å². The van der Waals surface area contributed by atoms with Crippen LogP contribution in [-0.2, 0) is 20.8 Å². The fraction of sp³-hybridized carbons (Fsp3) is 0.400. The number of rotatable bonds is 5. The number of hydrogen-bond donors (Lipinski definition) is 1. The van der Waals surface area contributed by atoms with Gasteiger partial charge < -0.3 is 5.32 Å². The summed E-state index contributed by atoms with van der Waals surface area (Å²) in [4.78, 5) is 42.5. The zero-order chi connectivity index (χ0) is 24.3. The molecular weight excluding hydrogens is 651 g/mol. The highest BCUT2D eigenvalue weighted by atomic mass is 79.9. The molecule has 0 radical (unpaired) electrons. The molecule has 34 heavy (non-hydrogen) atoms.